The predicted molar refractivity (Wildman–Crippen MR) is 114 cm³/mol. The molecule has 0 saturated heterocycles. The molecule has 0 aliphatic carbocycles. The molecule has 0 aliphatic rings. The molecule has 0 saturated carbocycles. The molecule has 8 heteroatoms. The molecular weight excluding hydrogens is 368 g/mol. The Hall–Kier alpha value is -3.68. The summed E-state index contributed by atoms with van der Waals surface area (Å²) in [6, 6.07) is 17.9. The van der Waals surface area contributed by atoms with Gasteiger partial charge in [-0.2, -0.15) is 10.2 Å². The highest BCUT2D eigenvalue weighted by Crippen LogP contribution is 2.13. The van der Waals surface area contributed by atoms with Gasteiger partial charge in [0.2, 0.25) is 0 Å². The Morgan fingerprint density at radius 2 is 1.03 bits per heavy atom. The van der Waals surface area contributed by atoms with Crippen LogP contribution in [0.4, 0.5) is 9.59 Å². The second-order valence-electron chi connectivity index (χ2n) is 6.36. The topological polar surface area (TPSA) is 135 Å². The van der Waals surface area contributed by atoms with Gasteiger partial charge in [0.25, 0.3) is 0 Å². The van der Waals surface area contributed by atoms with Crippen molar-refractivity contribution in [3.8, 4) is 0 Å². The maximum absolute atomic E-state index is 11.0. The molecule has 2 aromatic carbocycles. The highest BCUT2D eigenvalue weighted by molar-refractivity contribution is 6.01. The van der Waals surface area contributed by atoms with Gasteiger partial charge in [0.1, 0.15) is 0 Å². The van der Waals surface area contributed by atoms with Crippen LogP contribution in [-0.2, 0) is 0 Å². The third-order valence-electron chi connectivity index (χ3n) is 4.14. The van der Waals surface area contributed by atoms with E-state index in [9.17, 15) is 9.59 Å². The fourth-order valence-corrected chi connectivity index (χ4v) is 2.80. The van der Waals surface area contributed by atoms with E-state index in [2.05, 4.69) is 21.1 Å². The monoisotopic (exact) mass is 394 g/mol. The summed E-state index contributed by atoms with van der Waals surface area (Å²) in [4.78, 5) is 22.0. The summed E-state index contributed by atoms with van der Waals surface area (Å²) >= 11 is 0. The molecule has 0 radical (unpaired) electrons. The van der Waals surface area contributed by atoms with Crippen molar-refractivity contribution in [2.24, 2.45) is 21.7 Å². The van der Waals surface area contributed by atoms with Crippen LogP contribution in [0.2, 0.25) is 0 Å². The van der Waals surface area contributed by atoms with E-state index < -0.39 is 12.1 Å². The Morgan fingerprint density at radius 1 is 0.655 bits per heavy atom. The lowest BCUT2D eigenvalue weighted by Gasteiger charge is -2.09. The minimum Gasteiger partial charge on any atom is -0.350 e. The number of carbonyl (C=O) groups excluding carboxylic acids is 2. The number of nitrogens with zero attached hydrogens (tertiary/aromatic N) is 2. The summed E-state index contributed by atoms with van der Waals surface area (Å²) in [6.07, 6.45) is 4.06. The molecule has 0 bridgehead atoms. The lowest BCUT2D eigenvalue weighted by molar-refractivity contribution is 0.248. The van der Waals surface area contributed by atoms with Crippen LogP contribution in [0.1, 0.15) is 43.2 Å². The van der Waals surface area contributed by atoms with Gasteiger partial charge < -0.3 is 11.5 Å². The van der Waals surface area contributed by atoms with Crippen LogP contribution in [0.15, 0.2) is 70.9 Å². The van der Waals surface area contributed by atoms with Crippen molar-refractivity contribution in [2.75, 3.05) is 0 Å². The number of nitrogens with two attached hydrogens (primary N) is 2. The highest BCUT2D eigenvalue weighted by atomic mass is 16.2. The lowest BCUT2D eigenvalue weighted by Crippen LogP contribution is -2.26. The van der Waals surface area contributed by atoms with Crippen LogP contribution in [0.3, 0.4) is 0 Å². The maximum atomic E-state index is 11.0. The third-order valence-corrected chi connectivity index (χ3v) is 4.14. The smallest absolute Gasteiger partial charge is 0.332 e. The Balaban J connectivity index is 1.91. The van der Waals surface area contributed by atoms with Crippen LogP contribution >= 0.6 is 0 Å². The van der Waals surface area contributed by atoms with Crippen molar-refractivity contribution in [2.45, 2.75) is 32.1 Å². The van der Waals surface area contributed by atoms with Crippen molar-refractivity contribution in [1.82, 2.24) is 10.9 Å². The number of rotatable bonds is 10. The first kappa shape index (κ1) is 21.6. The van der Waals surface area contributed by atoms with Crippen molar-refractivity contribution in [3.63, 3.8) is 0 Å². The minimum atomic E-state index is -0.691. The summed E-state index contributed by atoms with van der Waals surface area (Å²) in [5.41, 5.74) is 18.3. The van der Waals surface area contributed by atoms with Gasteiger partial charge in [0.05, 0.1) is 11.4 Å². The molecule has 2 aromatic rings. The van der Waals surface area contributed by atoms with Gasteiger partial charge in [-0.25, -0.2) is 20.4 Å². The van der Waals surface area contributed by atoms with Crippen LogP contribution in [-0.4, -0.2) is 23.5 Å². The Kier molecular flexibility index (Phi) is 8.88. The van der Waals surface area contributed by atoms with Crippen LogP contribution in [0, 0.1) is 0 Å². The van der Waals surface area contributed by atoms with Crippen molar-refractivity contribution in [1.29, 1.82) is 0 Å². The summed E-state index contributed by atoms with van der Waals surface area (Å²) in [5, 5.41) is 8.26. The molecule has 4 amide bonds. The molecule has 29 heavy (non-hydrogen) atoms. The fourth-order valence-electron chi connectivity index (χ4n) is 2.80. The SMILES string of the molecule is NC(=O)N/N=C(/CCCCC/C(=N\NC(N)=O)c1ccccc1)c1ccccc1. The first-order valence-corrected chi connectivity index (χ1v) is 9.41. The minimum absolute atomic E-state index is 0.691. The standard InChI is InChI=1S/C21H26N6O2/c22-20(28)26-24-18(16-10-4-1-5-11-16)14-8-3-9-15-19(25-27-21(23)29)17-12-6-2-7-13-17/h1-2,4-7,10-13H,3,8-9,14-15H2,(H3,22,26,28)(H3,23,27,29)/b24-18-,25-19+. The number of unbranched alkanes of at least 4 members (excludes halogenated alkanes) is 2. The average molecular weight is 394 g/mol. The number of carbonyl (C=O) groups is 2. The second kappa shape index (κ2) is 11.9. The first-order chi connectivity index (χ1) is 14.1. The van der Waals surface area contributed by atoms with Gasteiger partial charge in [0.15, 0.2) is 0 Å². The zero-order valence-electron chi connectivity index (χ0n) is 16.2. The van der Waals surface area contributed by atoms with E-state index in [4.69, 9.17) is 11.5 Å². The Labute approximate surface area is 170 Å². The second-order valence-corrected chi connectivity index (χ2v) is 6.36. The molecule has 0 heterocycles. The molecular formula is C21H26N6O2. The van der Waals surface area contributed by atoms with Crippen molar-refractivity contribution >= 4 is 23.5 Å². The van der Waals surface area contributed by atoms with Crippen LogP contribution in [0.5, 0.6) is 0 Å². The summed E-state index contributed by atoms with van der Waals surface area (Å²) in [7, 11) is 0. The predicted octanol–water partition coefficient (Wildman–Crippen LogP) is 3.08. The zero-order valence-corrected chi connectivity index (χ0v) is 16.2. The van der Waals surface area contributed by atoms with E-state index in [1.807, 2.05) is 60.7 Å². The maximum Gasteiger partial charge on any atom is 0.332 e. The van der Waals surface area contributed by atoms with Gasteiger partial charge in [-0.05, 0) is 36.8 Å². The Bertz CT molecular complexity index is 778. The number of amides is 4. The number of primary amides is 2. The van der Waals surface area contributed by atoms with Gasteiger partial charge >= 0.3 is 12.1 Å². The summed E-state index contributed by atoms with van der Waals surface area (Å²) < 4.78 is 0. The number of hydrogen-bond acceptors (Lipinski definition) is 4. The lowest BCUT2D eigenvalue weighted by atomic mass is 10.0. The number of hydrazone groups is 2. The molecule has 0 aromatic heterocycles. The number of hydrogen-bond donors (Lipinski definition) is 4. The molecule has 2 rings (SSSR count). The van der Waals surface area contributed by atoms with E-state index in [0.29, 0.717) is 12.8 Å². The largest absolute Gasteiger partial charge is 0.350 e. The zero-order chi connectivity index (χ0) is 20.9. The normalized spacial score (nSPS) is 11.7. The molecule has 0 unspecified atom stereocenters. The average Bonchev–Trinajstić information content (AvgIpc) is 2.73. The Morgan fingerprint density at radius 3 is 1.38 bits per heavy atom. The number of nitrogens with one attached hydrogen (secondary N) is 2. The van der Waals surface area contributed by atoms with Gasteiger partial charge in [-0.3, -0.25) is 0 Å². The van der Waals surface area contributed by atoms with Crippen molar-refractivity contribution < 1.29 is 9.59 Å². The highest BCUT2D eigenvalue weighted by Gasteiger charge is 2.07. The van der Waals surface area contributed by atoms with Gasteiger partial charge in [-0.15, -0.1) is 0 Å². The summed E-state index contributed by atoms with van der Waals surface area (Å²) in [6.45, 7) is 0. The molecule has 8 nitrogen and oxygen atoms in total. The van der Waals surface area contributed by atoms with E-state index >= 15 is 0 Å². The van der Waals surface area contributed by atoms with E-state index in [1.54, 1.807) is 0 Å². The van der Waals surface area contributed by atoms with E-state index in [0.717, 1.165) is 41.8 Å². The first-order valence-electron chi connectivity index (χ1n) is 9.41. The summed E-state index contributed by atoms with van der Waals surface area (Å²) in [5.74, 6) is 0. The molecule has 0 atom stereocenters. The van der Waals surface area contributed by atoms with Crippen LogP contribution in [0.25, 0.3) is 0 Å². The van der Waals surface area contributed by atoms with Crippen LogP contribution < -0.4 is 22.3 Å². The molecule has 0 fully saturated rings. The van der Waals surface area contributed by atoms with E-state index in [1.165, 1.54) is 0 Å². The van der Waals surface area contributed by atoms with Gasteiger partial charge in [-0.1, -0.05) is 67.1 Å². The van der Waals surface area contributed by atoms with E-state index in [-0.39, 0.29) is 0 Å². The molecule has 6 N–H and O–H groups in total. The number of urea groups is 2. The van der Waals surface area contributed by atoms with Crippen molar-refractivity contribution in [3.05, 3.63) is 71.8 Å². The molecule has 0 aliphatic heterocycles. The fraction of sp³-hybridized carbons (Fsp3) is 0.238. The molecule has 0 spiro atoms. The van der Waals surface area contributed by atoms with Gasteiger partial charge in [0, 0.05) is 0 Å². The quantitative estimate of drug-likeness (QED) is 0.280. The number of benzene rings is 2. The molecule has 152 valence electrons. The third kappa shape index (κ3) is 8.25.